The van der Waals surface area contributed by atoms with Crippen LogP contribution >= 0.6 is 11.6 Å². The van der Waals surface area contributed by atoms with Crippen molar-refractivity contribution in [2.45, 2.75) is 6.92 Å². The van der Waals surface area contributed by atoms with Crippen molar-refractivity contribution in [2.24, 2.45) is 0 Å². The molecule has 1 aromatic carbocycles. The number of rotatable bonds is 3. The molecule has 17 heavy (non-hydrogen) atoms. The lowest BCUT2D eigenvalue weighted by Gasteiger charge is -2.07. The van der Waals surface area contributed by atoms with E-state index in [1.54, 1.807) is 0 Å². The molecule has 0 aliphatic heterocycles. The van der Waals surface area contributed by atoms with Crippen LogP contribution in [0.2, 0.25) is 5.02 Å². The van der Waals surface area contributed by atoms with Crippen LogP contribution in [0.25, 0.3) is 11.3 Å². The Bertz CT molecular complexity index is 531. The second-order valence-corrected chi connectivity index (χ2v) is 3.76. The van der Waals surface area contributed by atoms with Gasteiger partial charge in [-0.25, -0.2) is 9.97 Å². The smallest absolute Gasteiger partial charge is 0.146 e. The third kappa shape index (κ3) is 2.47. The predicted octanol–water partition coefficient (Wildman–Crippen LogP) is 2.78. The lowest BCUT2D eigenvalue weighted by Crippen LogP contribution is -1.96. The summed E-state index contributed by atoms with van der Waals surface area (Å²) in [6.07, 6.45) is 1.39. The van der Waals surface area contributed by atoms with Gasteiger partial charge < -0.3 is 10.5 Å². The van der Waals surface area contributed by atoms with Gasteiger partial charge in [0.1, 0.15) is 22.9 Å². The number of hydrogen-bond donors (Lipinski definition) is 1. The van der Waals surface area contributed by atoms with Crippen molar-refractivity contribution in [1.29, 1.82) is 0 Å². The fraction of sp³-hybridized carbons (Fsp3) is 0.167. The molecule has 2 aromatic rings. The van der Waals surface area contributed by atoms with Gasteiger partial charge in [0.2, 0.25) is 0 Å². The van der Waals surface area contributed by atoms with Gasteiger partial charge in [0, 0.05) is 5.56 Å². The molecule has 0 saturated heterocycles. The van der Waals surface area contributed by atoms with E-state index in [4.69, 9.17) is 22.1 Å². The molecule has 0 atom stereocenters. The third-order valence-corrected chi connectivity index (χ3v) is 2.61. The van der Waals surface area contributed by atoms with Gasteiger partial charge in [-0.15, -0.1) is 0 Å². The van der Waals surface area contributed by atoms with Crippen molar-refractivity contribution >= 4 is 17.4 Å². The molecule has 5 heteroatoms. The van der Waals surface area contributed by atoms with E-state index in [0.717, 1.165) is 11.3 Å². The summed E-state index contributed by atoms with van der Waals surface area (Å²) in [6.45, 7) is 2.55. The van der Waals surface area contributed by atoms with Gasteiger partial charge in [-0.1, -0.05) is 23.7 Å². The molecule has 0 aliphatic carbocycles. The second-order valence-electron chi connectivity index (χ2n) is 3.38. The highest BCUT2D eigenvalue weighted by atomic mass is 35.5. The minimum Gasteiger partial charge on any atom is -0.494 e. The summed E-state index contributed by atoms with van der Waals surface area (Å²) in [5.41, 5.74) is 7.11. The first-order chi connectivity index (χ1) is 8.22. The van der Waals surface area contributed by atoms with E-state index in [1.165, 1.54) is 6.33 Å². The molecule has 2 N–H and O–H groups in total. The zero-order valence-corrected chi connectivity index (χ0v) is 10.1. The number of nitrogens with zero attached hydrogens (tertiary/aromatic N) is 2. The van der Waals surface area contributed by atoms with Gasteiger partial charge in [-0.05, 0) is 19.1 Å². The molecular formula is C12H12ClN3O. The van der Waals surface area contributed by atoms with E-state index < -0.39 is 0 Å². The summed E-state index contributed by atoms with van der Waals surface area (Å²) in [7, 11) is 0. The van der Waals surface area contributed by atoms with Gasteiger partial charge in [-0.3, -0.25) is 0 Å². The first-order valence-corrected chi connectivity index (χ1v) is 5.59. The molecule has 1 heterocycles. The second kappa shape index (κ2) is 5.01. The van der Waals surface area contributed by atoms with Gasteiger partial charge in [0.05, 0.1) is 12.3 Å². The Morgan fingerprint density at radius 2 is 2.18 bits per heavy atom. The van der Waals surface area contributed by atoms with Gasteiger partial charge in [0.15, 0.2) is 0 Å². The minimum absolute atomic E-state index is 0.276. The molecule has 0 saturated carbocycles. The highest BCUT2D eigenvalue weighted by Gasteiger charge is 2.09. The molecule has 0 bridgehead atoms. The Hall–Kier alpha value is -1.81. The topological polar surface area (TPSA) is 61.0 Å². The molecule has 0 unspecified atom stereocenters. The number of anilines is 1. The fourth-order valence-corrected chi connectivity index (χ4v) is 1.69. The zero-order valence-electron chi connectivity index (χ0n) is 9.35. The molecule has 0 spiro atoms. The van der Waals surface area contributed by atoms with E-state index in [0.29, 0.717) is 17.3 Å². The van der Waals surface area contributed by atoms with Crippen molar-refractivity contribution in [1.82, 2.24) is 9.97 Å². The maximum Gasteiger partial charge on any atom is 0.146 e. The monoisotopic (exact) mass is 249 g/mol. The number of halogens is 1. The van der Waals surface area contributed by atoms with Crippen molar-refractivity contribution < 1.29 is 4.74 Å². The van der Waals surface area contributed by atoms with Crippen molar-refractivity contribution in [2.75, 3.05) is 12.3 Å². The van der Waals surface area contributed by atoms with E-state index in [-0.39, 0.29) is 5.82 Å². The molecule has 0 amide bonds. The van der Waals surface area contributed by atoms with Crippen LogP contribution in [0.15, 0.2) is 30.6 Å². The Labute approximate surface area is 104 Å². The molecule has 1 aromatic heterocycles. The van der Waals surface area contributed by atoms with E-state index >= 15 is 0 Å². The van der Waals surface area contributed by atoms with E-state index in [9.17, 15) is 0 Å². The average Bonchev–Trinajstić information content (AvgIpc) is 2.33. The van der Waals surface area contributed by atoms with E-state index in [2.05, 4.69) is 9.97 Å². The molecular weight excluding hydrogens is 238 g/mol. The minimum atomic E-state index is 0.276. The summed E-state index contributed by atoms with van der Waals surface area (Å²) < 4.78 is 5.42. The van der Waals surface area contributed by atoms with Crippen LogP contribution in [0.3, 0.4) is 0 Å². The van der Waals surface area contributed by atoms with Crippen LogP contribution in [-0.4, -0.2) is 16.6 Å². The summed E-state index contributed by atoms with van der Waals surface area (Å²) >= 11 is 6.07. The molecule has 4 nitrogen and oxygen atoms in total. The van der Waals surface area contributed by atoms with Crippen LogP contribution in [0.5, 0.6) is 5.75 Å². The predicted molar refractivity (Wildman–Crippen MR) is 68.1 cm³/mol. The third-order valence-electron chi connectivity index (χ3n) is 2.23. The van der Waals surface area contributed by atoms with Crippen LogP contribution in [0.1, 0.15) is 6.92 Å². The Morgan fingerprint density at radius 3 is 2.94 bits per heavy atom. The van der Waals surface area contributed by atoms with Gasteiger partial charge >= 0.3 is 0 Å². The molecule has 0 fully saturated rings. The van der Waals surface area contributed by atoms with Crippen LogP contribution in [0, 0.1) is 0 Å². The Kier molecular flexibility index (Phi) is 3.44. The molecule has 88 valence electrons. The first-order valence-electron chi connectivity index (χ1n) is 5.21. The normalized spacial score (nSPS) is 10.2. The Morgan fingerprint density at radius 1 is 1.35 bits per heavy atom. The number of hydrogen-bond acceptors (Lipinski definition) is 4. The summed E-state index contributed by atoms with van der Waals surface area (Å²) in [6, 6.07) is 7.54. The number of benzene rings is 1. The SMILES string of the molecule is CCOc1cccc(-c2ncnc(N)c2Cl)c1. The molecule has 0 aliphatic rings. The maximum absolute atomic E-state index is 6.07. The van der Waals surface area contributed by atoms with Crippen LogP contribution in [0.4, 0.5) is 5.82 Å². The summed E-state index contributed by atoms with van der Waals surface area (Å²) in [5.74, 6) is 1.05. The van der Waals surface area contributed by atoms with Crippen molar-refractivity contribution in [3.05, 3.63) is 35.6 Å². The van der Waals surface area contributed by atoms with Crippen LogP contribution in [-0.2, 0) is 0 Å². The molecule has 0 radical (unpaired) electrons. The average molecular weight is 250 g/mol. The lowest BCUT2D eigenvalue weighted by molar-refractivity contribution is 0.340. The van der Waals surface area contributed by atoms with Crippen molar-refractivity contribution in [3.63, 3.8) is 0 Å². The van der Waals surface area contributed by atoms with E-state index in [1.807, 2.05) is 31.2 Å². The molecule has 2 rings (SSSR count). The maximum atomic E-state index is 6.07. The standard InChI is InChI=1S/C12H12ClN3O/c1-2-17-9-5-3-4-8(6-9)11-10(13)12(14)16-7-15-11/h3-7H,2H2,1H3,(H2,14,15,16). The van der Waals surface area contributed by atoms with Gasteiger partial charge in [-0.2, -0.15) is 0 Å². The Balaban J connectivity index is 2.45. The number of nitrogen functional groups attached to an aromatic ring is 1. The highest BCUT2D eigenvalue weighted by molar-refractivity contribution is 6.35. The summed E-state index contributed by atoms with van der Waals surface area (Å²) in [5, 5.41) is 0.362. The quantitative estimate of drug-likeness (QED) is 0.909. The number of ether oxygens (including phenoxy) is 1. The lowest BCUT2D eigenvalue weighted by atomic mass is 10.1. The first kappa shape index (κ1) is 11.7. The fourth-order valence-electron chi connectivity index (χ4n) is 1.48. The number of nitrogens with two attached hydrogens (primary N) is 1. The van der Waals surface area contributed by atoms with Crippen molar-refractivity contribution in [3.8, 4) is 17.0 Å². The van der Waals surface area contributed by atoms with Gasteiger partial charge in [0.25, 0.3) is 0 Å². The highest BCUT2D eigenvalue weighted by Crippen LogP contribution is 2.30. The van der Waals surface area contributed by atoms with Crippen LogP contribution < -0.4 is 10.5 Å². The largest absolute Gasteiger partial charge is 0.494 e. The number of aromatic nitrogens is 2. The summed E-state index contributed by atoms with van der Waals surface area (Å²) in [4.78, 5) is 7.96. The zero-order chi connectivity index (χ0) is 12.3.